The third-order valence-corrected chi connectivity index (χ3v) is 2.46. The molecule has 1 unspecified atom stereocenters. The lowest BCUT2D eigenvalue weighted by molar-refractivity contribution is 0.187. The first-order chi connectivity index (χ1) is 6.99. The van der Waals surface area contributed by atoms with Crippen LogP contribution in [0.1, 0.15) is 36.6 Å². The Hall–Kier alpha value is -0.860. The van der Waals surface area contributed by atoms with Crippen molar-refractivity contribution >= 4 is 0 Å². The number of hydrogen-bond donors (Lipinski definition) is 2. The highest BCUT2D eigenvalue weighted by atomic mass is 16.3. The Kier molecular flexibility index (Phi) is 4.30. The topological polar surface area (TPSA) is 32.3 Å². The van der Waals surface area contributed by atoms with Crippen molar-refractivity contribution < 1.29 is 5.11 Å². The van der Waals surface area contributed by atoms with E-state index in [4.69, 9.17) is 0 Å². The maximum atomic E-state index is 9.19. The molecule has 0 fully saturated rings. The van der Waals surface area contributed by atoms with E-state index in [1.807, 2.05) is 0 Å². The largest absolute Gasteiger partial charge is 0.392 e. The van der Waals surface area contributed by atoms with Crippen LogP contribution in [0.2, 0.25) is 0 Å². The zero-order chi connectivity index (χ0) is 11.4. The van der Waals surface area contributed by atoms with Crippen molar-refractivity contribution in [3.63, 3.8) is 0 Å². The summed E-state index contributed by atoms with van der Waals surface area (Å²) in [7, 11) is 0. The molecule has 2 heteroatoms. The molecule has 2 N–H and O–H groups in total. The normalized spacial score (nSPS) is 15.0. The van der Waals surface area contributed by atoms with Gasteiger partial charge in [-0.1, -0.05) is 29.3 Å². The summed E-state index contributed by atoms with van der Waals surface area (Å²) >= 11 is 0. The highest BCUT2D eigenvalue weighted by molar-refractivity contribution is 5.30. The summed E-state index contributed by atoms with van der Waals surface area (Å²) in [6.07, 6.45) is -0.293. The Labute approximate surface area is 92.3 Å². The molecule has 0 aliphatic carbocycles. The molecule has 0 aliphatic rings. The smallest absolute Gasteiger partial charge is 0.0636 e. The second kappa shape index (κ2) is 5.29. The second-order valence-electron chi connectivity index (χ2n) is 4.40. The number of aryl methyl sites for hydroxylation is 2. The lowest BCUT2D eigenvalue weighted by Crippen LogP contribution is -2.27. The minimum atomic E-state index is -0.293. The highest BCUT2D eigenvalue weighted by Gasteiger charge is 2.06. The fourth-order valence-corrected chi connectivity index (χ4v) is 1.73. The predicted octanol–water partition coefficient (Wildman–Crippen LogP) is 2.33. The zero-order valence-electron chi connectivity index (χ0n) is 10.0. The number of hydrogen-bond acceptors (Lipinski definition) is 2. The lowest BCUT2D eigenvalue weighted by atomic mass is 10.0. The van der Waals surface area contributed by atoms with Crippen molar-refractivity contribution in [2.75, 3.05) is 6.54 Å². The average Bonchev–Trinajstić information content (AvgIpc) is 2.12. The Morgan fingerprint density at radius 2 is 1.67 bits per heavy atom. The van der Waals surface area contributed by atoms with Gasteiger partial charge in [0, 0.05) is 12.6 Å². The van der Waals surface area contributed by atoms with E-state index >= 15 is 0 Å². The number of rotatable bonds is 4. The van der Waals surface area contributed by atoms with Gasteiger partial charge >= 0.3 is 0 Å². The molecular weight excluding hydrogens is 186 g/mol. The van der Waals surface area contributed by atoms with E-state index in [1.54, 1.807) is 6.92 Å². The van der Waals surface area contributed by atoms with Crippen molar-refractivity contribution in [1.29, 1.82) is 0 Å². The number of benzene rings is 1. The van der Waals surface area contributed by atoms with E-state index in [2.05, 4.69) is 44.3 Å². The Morgan fingerprint density at radius 1 is 1.13 bits per heavy atom. The lowest BCUT2D eigenvalue weighted by Gasteiger charge is -2.16. The summed E-state index contributed by atoms with van der Waals surface area (Å²) in [6, 6.07) is 6.84. The van der Waals surface area contributed by atoms with Crippen LogP contribution >= 0.6 is 0 Å². The van der Waals surface area contributed by atoms with Gasteiger partial charge in [-0.2, -0.15) is 0 Å². The third-order valence-electron chi connectivity index (χ3n) is 2.46. The monoisotopic (exact) mass is 207 g/mol. The minimum Gasteiger partial charge on any atom is -0.392 e. The van der Waals surface area contributed by atoms with Crippen molar-refractivity contribution in [3.8, 4) is 0 Å². The third kappa shape index (κ3) is 4.02. The molecule has 0 radical (unpaired) electrons. The highest BCUT2D eigenvalue weighted by Crippen LogP contribution is 2.16. The molecule has 0 aliphatic heterocycles. The summed E-state index contributed by atoms with van der Waals surface area (Å²) in [5, 5.41) is 12.5. The molecule has 2 atom stereocenters. The first-order valence-corrected chi connectivity index (χ1v) is 5.48. The molecule has 0 amide bonds. The molecular formula is C13H21NO. The molecule has 0 bridgehead atoms. The van der Waals surface area contributed by atoms with Crippen LogP contribution in [0, 0.1) is 13.8 Å². The van der Waals surface area contributed by atoms with Crippen LogP contribution in [0.5, 0.6) is 0 Å². The quantitative estimate of drug-likeness (QED) is 0.794. The van der Waals surface area contributed by atoms with Gasteiger partial charge in [-0.05, 0) is 33.3 Å². The molecule has 0 saturated carbocycles. The summed E-state index contributed by atoms with van der Waals surface area (Å²) in [4.78, 5) is 0. The Balaban J connectivity index is 2.68. The van der Waals surface area contributed by atoms with Crippen molar-refractivity contribution in [2.45, 2.75) is 39.8 Å². The van der Waals surface area contributed by atoms with Gasteiger partial charge in [-0.25, -0.2) is 0 Å². The molecule has 0 aromatic heterocycles. The van der Waals surface area contributed by atoms with Crippen LogP contribution in [-0.4, -0.2) is 17.8 Å². The van der Waals surface area contributed by atoms with Crippen molar-refractivity contribution in [1.82, 2.24) is 5.32 Å². The van der Waals surface area contributed by atoms with Crippen molar-refractivity contribution in [2.24, 2.45) is 0 Å². The predicted molar refractivity (Wildman–Crippen MR) is 64.0 cm³/mol. The summed E-state index contributed by atoms with van der Waals surface area (Å²) in [5.41, 5.74) is 3.86. The Morgan fingerprint density at radius 3 is 2.13 bits per heavy atom. The zero-order valence-corrected chi connectivity index (χ0v) is 10.0. The van der Waals surface area contributed by atoms with E-state index in [1.165, 1.54) is 16.7 Å². The number of nitrogens with one attached hydrogen (secondary N) is 1. The van der Waals surface area contributed by atoms with Gasteiger partial charge < -0.3 is 10.4 Å². The molecule has 1 aromatic rings. The van der Waals surface area contributed by atoms with Gasteiger partial charge in [0.2, 0.25) is 0 Å². The molecule has 15 heavy (non-hydrogen) atoms. The van der Waals surface area contributed by atoms with E-state index in [0.29, 0.717) is 6.54 Å². The number of aliphatic hydroxyl groups is 1. The average molecular weight is 207 g/mol. The maximum Gasteiger partial charge on any atom is 0.0636 e. The standard InChI is InChI=1S/C13H21NO/c1-9-5-10(2)7-13(6-9)12(4)14-8-11(3)15/h5-7,11-12,14-15H,8H2,1-4H3/t11-,12?/m0/s1. The summed E-state index contributed by atoms with van der Waals surface area (Å²) in [5.74, 6) is 0. The second-order valence-corrected chi connectivity index (χ2v) is 4.40. The van der Waals surface area contributed by atoms with Gasteiger partial charge in [-0.15, -0.1) is 0 Å². The molecule has 0 saturated heterocycles. The van der Waals surface area contributed by atoms with Gasteiger partial charge in [0.1, 0.15) is 0 Å². The van der Waals surface area contributed by atoms with Gasteiger partial charge in [0.15, 0.2) is 0 Å². The van der Waals surface area contributed by atoms with E-state index in [9.17, 15) is 5.11 Å². The SMILES string of the molecule is Cc1cc(C)cc(C(C)NC[C@H](C)O)c1. The molecule has 1 aromatic carbocycles. The molecule has 84 valence electrons. The van der Waals surface area contributed by atoms with E-state index < -0.39 is 0 Å². The van der Waals surface area contributed by atoms with Crippen molar-refractivity contribution in [3.05, 3.63) is 34.9 Å². The molecule has 2 nitrogen and oxygen atoms in total. The minimum absolute atomic E-state index is 0.290. The van der Waals surface area contributed by atoms with Crippen LogP contribution in [0.15, 0.2) is 18.2 Å². The molecule has 0 heterocycles. The summed E-state index contributed by atoms with van der Waals surface area (Å²) < 4.78 is 0. The van der Waals surface area contributed by atoms with Gasteiger partial charge in [0.05, 0.1) is 6.10 Å². The Bertz CT molecular complexity index is 300. The van der Waals surface area contributed by atoms with Gasteiger partial charge in [0.25, 0.3) is 0 Å². The molecule has 0 spiro atoms. The fraction of sp³-hybridized carbons (Fsp3) is 0.538. The first-order valence-electron chi connectivity index (χ1n) is 5.48. The van der Waals surface area contributed by atoms with Crippen LogP contribution in [0.25, 0.3) is 0 Å². The van der Waals surface area contributed by atoms with Gasteiger partial charge in [-0.3, -0.25) is 0 Å². The molecule has 1 rings (SSSR count). The first kappa shape index (κ1) is 12.2. The number of aliphatic hydroxyl groups excluding tert-OH is 1. The van der Waals surface area contributed by atoms with E-state index in [0.717, 1.165) is 0 Å². The van der Waals surface area contributed by atoms with Crippen LogP contribution in [0.4, 0.5) is 0 Å². The van der Waals surface area contributed by atoms with Crippen LogP contribution in [-0.2, 0) is 0 Å². The van der Waals surface area contributed by atoms with E-state index in [-0.39, 0.29) is 12.1 Å². The van der Waals surface area contributed by atoms with Crippen LogP contribution in [0.3, 0.4) is 0 Å². The maximum absolute atomic E-state index is 9.19. The van der Waals surface area contributed by atoms with Crippen LogP contribution < -0.4 is 5.32 Å². The summed E-state index contributed by atoms with van der Waals surface area (Å²) in [6.45, 7) is 8.77. The fourth-order valence-electron chi connectivity index (χ4n) is 1.73.